The van der Waals surface area contributed by atoms with Crippen LogP contribution < -0.4 is 5.30 Å². The highest BCUT2D eigenvalue weighted by molar-refractivity contribution is 7.67. The van der Waals surface area contributed by atoms with E-state index in [-0.39, 0.29) is 19.8 Å². The smallest absolute Gasteiger partial charge is 0.263 e. The predicted octanol–water partition coefficient (Wildman–Crippen LogP) is 7.12. The van der Waals surface area contributed by atoms with E-state index in [1.54, 1.807) is 12.1 Å². The molecule has 0 amide bonds. The van der Waals surface area contributed by atoms with E-state index >= 15 is 4.57 Å². The Morgan fingerprint density at radius 3 is 1.73 bits per heavy atom. The fraction of sp³-hybridized carbons (Fsp3) is 0.455. The maximum absolute atomic E-state index is 16.0. The highest BCUT2D eigenvalue weighted by Gasteiger charge is 2.63. The summed E-state index contributed by atoms with van der Waals surface area (Å²) in [6, 6.07) is 38.7. The lowest BCUT2D eigenvalue weighted by Crippen LogP contribution is -2.57. The molecule has 4 aromatic carbocycles. The highest BCUT2D eigenvalue weighted by atomic mass is 31.2. The van der Waals surface area contributed by atoms with Gasteiger partial charge in [-0.1, -0.05) is 109 Å². The first-order valence-electron chi connectivity index (χ1n) is 19.3. The summed E-state index contributed by atoms with van der Waals surface area (Å²) in [6.45, 7) is 8.58. The Labute approximate surface area is 328 Å². The van der Waals surface area contributed by atoms with Gasteiger partial charge in [0.05, 0.1) is 33.0 Å². The number of ether oxygens (including phenoxy) is 9. The number of hydrogen-bond donors (Lipinski definition) is 0. The summed E-state index contributed by atoms with van der Waals surface area (Å²) in [5.74, 6) is -2.94. The van der Waals surface area contributed by atoms with E-state index < -0.39 is 73.8 Å². The Hall–Kier alpha value is -3.29. The van der Waals surface area contributed by atoms with Crippen LogP contribution in [0.4, 0.5) is 0 Å². The van der Waals surface area contributed by atoms with Crippen LogP contribution in [0.2, 0.25) is 0 Å². The molecule has 0 aliphatic carbocycles. The highest BCUT2D eigenvalue weighted by Crippen LogP contribution is 2.60. The summed E-state index contributed by atoms with van der Waals surface area (Å²) < 4.78 is 81.6. The first-order chi connectivity index (χ1) is 27.1. The number of fused-ring (bicyclic) bond motifs is 1. The van der Waals surface area contributed by atoms with Crippen LogP contribution in [0.15, 0.2) is 121 Å². The van der Waals surface area contributed by atoms with Gasteiger partial charge in [-0.2, -0.15) is 0 Å². The molecule has 8 rings (SSSR count). The number of benzene rings is 4. The second-order valence-corrected chi connectivity index (χ2v) is 18.0. The van der Waals surface area contributed by atoms with E-state index in [1.807, 2.05) is 137 Å². The third kappa shape index (κ3) is 8.89. The Morgan fingerprint density at radius 2 is 1.16 bits per heavy atom. The van der Waals surface area contributed by atoms with Gasteiger partial charge in [0.15, 0.2) is 23.7 Å². The molecule has 0 radical (unpaired) electrons. The molecule has 0 spiro atoms. The topological polar surface area (TPSA) is 109 Å². The zero-order valence-corrected chi connectivity index (χ0v) is 33.1. The number of rotatable bonds is 14. The molecule has 10 atom stereocenters. The molecule has 56 heavy (non-hydrogen) atoms. The van der Waals surface area contributed by atoms with Crippen molar-refractivity contribution in [2.45, 2.75) is 114 Å². The van der Waals surface area contributed by atoms with Crippen LogP contribution in [-0.4, -0.2) is 79.7 Å². The average Bonchev–Trinajstić information content (AvgIpc) is 3.84. The van der Waals surface area contributed by atoms with Gasteiger partial charge in [-0.05, 0) is 56.5 Å². The summed E-state index contributed by atoms with van der Waals surface area (Å²) >= 11 is 0. The van der Waals surface area contributed by atoms with E-state index in [0.717, 1.165) is 16.7 Å². The molecule has 12 heteroatoms. The second-order valence-electron chi connectivity index (χ2n) is 15.5. The molecule has 4 heterocycles. The van der Waals surface area contributed by atoms with Crippen LogP contribution in [-0.2, 0) is 71.5 Å². The van der Waals surface area contributed by atoms with Crippen molar-refractivity contribution in [3.63, 3.8) is 0 Å². The lowest BCUT2D eigenvalue weighted by atomic mass is 10.1. The maximum atomic E-state index is 16.0. The van der Waals surface area contributed by atoms with Crippen LogP contribution in [0.5, 0.6) is 0 Å². The molecule has 4 aromatic rings. The Balaban J connectivity index is 1.17. The number of hydrogen-bond acceptors (Lipinski definition) is 11. The van der Waals surface area contributed by atoms with Crippen LogP contribution in [0.3, 0.4) is 0 Å². The summed E-state index contributed by atoms with van der Waals surface area (Å²) in [7, 11) is -3.98. The minimum Gasteiger partial charge on any atom is -0.374 e. The molecular weight excluding hydrogens is 735 g/mol. The first kappa shape index (κ1) is 39.5. The van der Waals surface area contributed by atoms with Crippen LogP contribution in [0, 0.1) is 0 Å². The predicted molar refractivity (Wildman–Crippen MR) is 207 cm³/mol. The summed E-state index contributed by atoms with van der Waals surface area (Å²) in [6.07, 6.45) is -5.84. The Morgan fingerprint density at radius 1 is 0.625 bits per heavy atom. The van der Waals surface area contributed by atoms with Gasteiger partial charge in [-0.3, -0.25) is 4.57 Å². The minimum absolute atomic E-state index is 0.0791. The van der Waals surface area contributed by atoms with Gasteiger partial charge in [0.2, 0.25) is 0 Å². The van der Waals surface area contributed by atoms with Gasteiger partial charge < -0.3 is 47.2 Å². The molecule has 11 nitrogen and oxygen atoms in total. The average molecular weight is 787 g/mol. The molecule has 4 aliphatic rings. The third-order valence-corrected chi connectivity index (χ3v) is 13.1. The Kier molecular flexibility index (Phi) is 11.9. The second kappa shape index (κ2) is 16.9. The van der Waals surface area contributed by atoms with Crippen molar-refractivity contribution >= 4 is 12.7 Å². The first-order valence-corrected chi connectivity index (χ1v) is 21.0. The normalized spacial score (nSPS) is 33.3. The van der Waals surface area contributed by atoms with Gasteiger partial charge in [-0.15, -0.1) is 0 Å². The minimum atomic E-state index is -3.98. The van der Waals surface area contributed by atoms with Gasteiger partial charge in [0.25, 0.3) is 7.37 Å². The fourth-order valence-corrected chi connectivity index (χ4v) is 10.4. The van der Waals surface area contributed by atoms with Gasteiger partial charge in [0.1, 0.15) is 42.7 Å². The monoisotopic (exact) mass is 786 g/mol. The van der Waals surface area contributed by atoms with Crippen molar-refractivity contribution in [1.29, 1.82) is 0 Å². The van der Waals surface area contributed by atoms with Gasteiger partial charge in [-0.25, -0.2) is 0 Å². The third-order valence-electron chi connectivity index (χ3n) is 10.4. The molecule has 0 unspecified atom stereocenters. The standard InChI is InChI=1S/C44H51O11P/c1-43(2)49-29-34(52-43)37-38-39(54-44(3,4)53-38)41(50-37)51-42-40(48-27-32-21-13-7-14-22-32)36(47-26-31-19-11-6-12-20-31)35(28-46-25-30-17-9-5-10-18-30)55-56(42,45)33-23-15-8-16-24-33/h5-24,34-42H,25-29H2,1-4H3/t34-,35-,36-,37-,38+,39+,40+,41-,42-,56+/m1/s1. The van der Waals surface area contributed by atoms with Crippen molar-refractivity contribution in [2.75, 3.05) is 13.2 Å². The SMILES string of the molecule is CC1(C)O[C@@H]2[C@H](O1)[C@@H](O[C@H]1[C@@H](OCc3ccccc3)[C@H](OCc3ccccc3)[C@@H](COCc3ccccc3)O[P@@]1(=O)c1ccccc1)O[C@@H]2[C@H]1COC(C)(C)O1. The molecule has 0 aromatic heterocycles. The van der Waals surface area contributed by atoms with Crippen LogP contribution in [0.1, 0.15) is 44.4 Å². The van der Waals surface area contributed by atoms with Crippen LogP contribution in [0.25, 0.3) is 0 Å². The molecule has 0 bridgehead atoms. The van der Waals surface area contributed by atoms with Crippen molar-refractivity contribution in [1.82, 2.24) is 0 Å². The van der Waals surface area contributed by atoms with Gasteiger partial charge >= 0.3 is 0 Å². The van der Waals surface area contributed by atoms with E-state index in [9.17, 15) is 0 Å². The molecule has 4 fully saturated rings. The molecule has 0 saturated carbocycles. The largest absolute Gasteiger partial charge is 0.374 e. The van der Waals surface area contributed by atoms with Crippen molar-refractivity contribution in [2.24, 2.45) is 0 Å². The quantitative estimate of drug-likeness (QED) is 0.122. The van der Waals surface area contributed by atoms with E-state index in [4.69, 9.17) is 47.2 Å². The maximum Gasteiger partial charge on any atom is 0.263 e. The zero-order valence-electron chi connectivity index (χ0n) is 32.2. The summed E-state index contributed by atoms with van der Waals surface area (Å²) in [5.41, 5.74) is 2.88. The Bertz CT molecular complexity index is 1900. The van der Waals surface area contributed by atoms with Crippen LogP contribution >= 0.6 is 7.37 Å². The van der Waals surface area contributed by atoms with Crippen molar-refractivity contribution in [3.05, 3.63) is 138 Å². The summed E-state index contributed by atoms with van der Waals surface area (Å²) in [5, 5.41) is 0.470. The van der Waals surface area contributed by atoms with E-state index in [0.29, 0.717) is 18.5 Å². The zero-order chi connectivity index (χ0) is 38.8. The molecule has 4 saturated heterocycles. The van der Waals surface area contributed by atoms with Gasteiger partial charge in [0, 0.05) is 5.30 Å². The van der Waals surface area contributed by atoms with Crippen molar-refractivity contribution < 1.29 is 51.7 Å². The fourth-order valence-electron chi connectivity index (χ4n) is 7.81. The summed E-state index contributed by atoms with van der Waals surface area (Å²) in [4.78, 5) is 0. The van der Waals surface area contributed by atoms with E-state index in [2.05, 4.69) is 0 Å². The van der Waals surface area contributed by atoms with Crippen molar-refractivity contribution in [3.8, 4) is 0 Å². The molecular formula is C44H51O11P. The lowest BCUT2D eigenvalue weighted by Gasteiger charge is -2.46. The molecule has 0 N–H and O–H groups in total. The molecule has 4 aliphatic heterocycles. The molecule has 298 valence electrons. The van der Waals surface area contributed by atoms with E-state index in [1.165, 1.54) is 0 Å². The lowest BCUT2D eigenvalue weighted by molar-refractivity contribution is -0.268.